The lowest BCUT2D eigenvalue weighted by Gasteiger charge is -2.31. The van der Waals surface area contributed by atoms with Gasteiger partial charge in [0.2, 0.25) is 0 Å². The van der Waals surface area contributed by atoms with Crippen LogP contribution < -0.4 is 9.47 Å². The molecular formula is C18H13F3N2O2. The number of alkyl halides is 3. The van der Waals surface area contributed by atoms with Crippen molar-refractivity contribution in [2.45, 2.75) is 25.8 Å². The van der Waals surface area contributed by atoms with Crippen molar-refractivity contribution in [3.8, 4) is 17.6 Å². The molecule has 1 aliphatic heterocycles. The molecular weight excluding hydrogens is 333 g/mol. The zero-order valence-corrected chi connectivity index (χ0v) is 13.4. The summed E-state index contributed by atoms with van der Waals surface area (Å²) in [5.74, 6) is 0.0487. The first-order valence-electron chi connectivity index (χ1n) is 7.35. The summed E-state index contributed by atoms with van der Waals surface area (Å²) in [6, 6.07) is 7.49. The first-order valence-corrected chi connectivity index (χ1v) is 7.35. The molecule has 25 heavy (non-hydrogen) atoms. The number of halogens is 3. The monoisotopic (exact) mass is 346 g/mol. The van der Waals surface area contributed by atoms with Crippen molar-refractivity contribution < 1.29 is 22.6 Å². The molecule has 1 aliphatic rings. The summed E-state index contributed by atoms with van der Waals surface area (Å²) in [5, 5.41) is 9.32. The van der Waals surface area contributed by atoms with E-state index < -0.39 is 12.0 Å². The van der Waals surface area contributed by atoms with Gasteiger partial charge >= 0.3 is 6.36 Å². The van der Waals surface area contributed by atoms with Gasteiger partial charge in [-0.05, 0) is 49.8 Å². The van der Waals surface area contributed by atoms with Gasteiger partial charge in [-0.3, -0.25) is 4.98 Å². The van der Waals surface area contributed by atoms with E-state index >= 15 is 0 Å². The van der Waals surface area contributed by atoms with E-state index in [1.165, 1.54) is 30.6 Å². The van der Waals surface area contributed by atoms with Crippen molar-refractivity contribution in [1.29, 1.82) is 5.26 Å². The number of rotatable bonds is 2. The maximum atomic E-state index is 12.5. The van der Waals surface area contributed by atoms with Crippen LogP contribution in [0.25, 0.3) is 5.57 Å². The minimum absolute atomic E-state index is 0.358. The van der Waals surface area contributed by atoms with E-state index in [0.717, 1.165) is 0 Å². The van der Waals surface area contributed by atoms with Crippen LogP contribution in [0.4, 0.5) is 13.2 Å². The Bertz CT molecular complexity index is 896. The average Bonchev–Trinajstić information content (AvgIpc) is 2.52. The van der Waals surface area contributed by atoms with E-state index in [1.54, 1.807) is 12.1 Å². The molecule has 0 saturated heterocycles. The van der Waals surface area contributed by atoms with Gasteiger partial charge in [0.05, 0.1) is 11.6 Å². The van der Waals surface area contributed by atoms with E-state index in [9.17, 15) is 18.4 Å². The maximum absolute atomic E-state index is 12.5. The molecule has 4 nitrogen and oxygen atoms in total. The first kappa shape index (κ1) is 16.8. The van der Waals surface area contributed by atoms with Gasteiger partial charge in [0.25, 0.3) is 0 Å². The molecule has 128 valence electrons. The Labute approximate surface area is 142 Å². The highest BCUT2D eigenvalue weighted by atomic mass is 19.4. The van der Waals surface area contributed by atoms with Gasteiger partial charge < -0.3 is 9.47 Å². The van der Waals surface area contributed by atoms with Crippen molar-refractivity contribution in [2.75, 3.05) is 0 Å². The molecule has 2 heterocycles. The fourth-order valence-corrected chi connectivity index (χ4v) is 2.67. The third kappa shape index (κ3) is 3.58. The molecule has 1 aromatic heterocycles. The number of hydrogen-bond acceptors (Lipinski definition) is 4. The van der Waals surface area contributed by atoms with Gasteiger partial charge in [0.15, 0.2) is 0 Å². The summed E-state index contributed by atoms with van der Waals surface area (Å²) in [5.41, 5.74) is 1.17. The topological polar surface area (TPSA) is 55.1 Å². The van der Waals surface area contributed by atoms with Gasteiger partial charge in [-0.1, -0.05) is 0 Å². The number of nitrogens with zero attached hydrogens (tertiary/aromatic N) is 2. The Morgan fingerprint density at radius 3 is 2.64 bits per heavy atom. The maximum Gasteiger partial charge on any atom is 0.573 e. The molecule has 3 rings (SSSR count). The predicted octanol–water partition coefficient (Wildman–Crippen LogP) is 4.45. The van der Waals surface area contributed by atoms with Crippen LogP contribution in [0.1, 0.15) is 30.5 Å². The third-order valence-corrected chi connectivity index (χ3v) is 3.57. The fraction of sp³-hybridized carbons (Fsp3) is 0.222. The summed E-state index contributed by atoms with van der Waals surface area (Å²) in [4.78, 5) is 4.03. The van der Waals surface area contributed by atoms with Crippen LogP contribution in [0, 0.1) is 11.3 Å². The van der Waals surface area contributed by atoms with Gasteiger partial charge in [0, 0.05) is 23.5 Å². The van der Waals surface area contributed by atoms with Crippen molar-refractivity contribution in [1.82, 2.24) is 4.98 Å². The van der Waals surface area contributed by atoms with Crippen molar-refractivity contribution in [3.63, 3.8) is 0 Å². The predicted molar refractivity (Wildman–Crippen MR) is 83.9 cm³/mol. The number of pyridine rings is 1. The highest BCUT2D eigenvalue weighted by Crippen LogP contribution is 2.42. The highest BCUT2D eigenvalue weighted by Gasteiger charge is 2.33. The molecule has 0 radical (unpaired) electrons. The molecule has 0 saturated carbocycles. The van der Waals surface area contributed by atoms with E-state index in [1.807, 2.05) is 13.8 Å². The van der Waals surface area contributed by atoms with Gasteiger partial charge in [-0.2, -0.15) is 5.26 Å². The van der Waals surface area contributed by atoms with Crippen LogP contribution in [0.5, 0.6) is 11.5 Å². The minimum atomic E-state index is -4.79. The summed E-state index contributed by atoms with van der Waals surface area (Å²) in [6.07, 6.45) is -0.0480. The molecule has 0 spiro atoms. The number of fused-ring (bicyclic) bond motifs is 1. The van der Waals surface area contributed by atoms with Gasteiger partial charge in [0.1, 0.15) is 17.1 Å². The lowest BCUT2D eigenvalue weighted by atomic mass is 9.89. The second-order valence-electron chi connectivity index (χ2n) is 6.00. The summed E-state index contributed by atoms with van der Waals surface area (Å²) >= 11 is 0. The minimum Gasteiger partial charge on any atom is -0.483 e. The Morgan fingerprint density at radius 1 is 1.20 bits per heavy atom. The number of benzene rings is 1. The molecule has 0 fully saturated rings. The molecule has 2 aromatic rings. The number of ether oxygens (including phenoxy) is 2. The van der Waals surface area contributed by atoms with Crippen molar-refractivity contribution in [3.05, 3.63) is 59.4 Å². The fourth-order valence-electron chi connectivity index (χ4n) is 2.67. The molecule has 0 unspecified atom stereocenters. The van der Waals surface area contributed by atoms with Crippen molar-refractivity contribution in [2.24, 2.45) is 0 Å². The summed E-state index contributed by atoms with van der Waals surface area (Å²) < 4.78 is 47.4. The molecule has 0 N–H and O–H groups in total. The van der Waals surface area contributed by atoms with Gasteiger partial charge in [-0.25, -0.2) is 0 Å². The van der Waals surface area contributed by atoms with E-state index in [4.69, 9.17) is 4.74 Å². The average molecular weight is 346 g/mol. The quantitative estimate of drug-likeness (QED) is 0.806. The van der Waals surface area contributed by atoms with Crippen molar-refractivity contribution >= 4 is 5.57 Å². The molecule has 1 aromatic carbocycles. The smallest absolute Gasteiger partial charge is 0.483 e. The Kier molecular flexibility index (Phi) is 3.91. The Balaban J connectivity index is 2.17. The SMILES string of the molecule is CC1(C)C=C(c2cnccc2C#N)c2cc(OC(F)(F)F)ccc2O1. The van der Waals surface area contributed by atoms with E-state index in [2.05, 4.69) is 15.8 Å². The second-order valence-corrected chi connectivity index (χ2v) is 6.00. The second kappa shape index (κ2) is 5.81. The lowest BCUT2D eigenvalue weighted by Crippen LogP contribution is -2.29. The Morgan fingerprint density at radius 2 is 1.96 bits per heavy atom. The van der Waals surface area contributed by atoms with Crippen LogP contribution in [-0.2, 0) is 0 Å². The number of hydrogen-bond donors (Lipinski definition) is 0. The molecule has 0 atom stereocenters. The molecule has 0 aliphatic carbocycles. The van der Waals surface area contributed by atoms with Crippen LogP contribution in [0.15, 0.2) is 42.7 Å². The third-order valence-electron chi connectivity index (χ3n) is 3.57. The number of nitriles is 1. The zero-order chi connectivity index (χ0) is 18.2. The van der Waals surface area contributed by atoms with Crippen LogP contribution >= 0.6 is 0 Å². The lowest BCUT2D eigenvalue weighted by molar-refractivity contribution is -0.274. The van der Waals surface area contributed by atoms with Gasteiger partial charge in [-0.15, -0.1) is 13.2 Å². The largest absolute Gasteiger partial charge is 0.573 e. The Hall–Kier alpha value is -3.01. The van der Waals surface area contributed by atoms with Crippen LogP contribution in [-0.4, -0.2) is 16.9 Å². The standard InChI is InChI=1S/C18H13F3N2O2/c1-17(2)8-14(15-10-23-6-5-11(15)9-22)13-7-12(24-18(19,20)21)3-4-16(13)25-17/h3-8,10H,1-2H3. The number of aromatic nitrogens is 1. The summed E-state index contributed by atoms with van der Waals surface area (Å²) in [7, 11) is 0. The van der Waals surface area contributed by atoms with Crippen LogP contribution in [0.3, 0.4) is 0 Å². The zero-order valence-electron chi connectivity index (χ0n) is 13.4. The van der Waals surface area contributed by atoms with Crippen LogP contribution in [0.2, 0.25) is 0 Å². The summed E-state index contributed by atoms with van der Waals surface area (Å²) in [6.45, 7) is 3.64. The first-order chi connectivity index (χ1) is 11.7. The highest BCUT2D eigenvalue weighted by molar-refractivity contribution is 5.87. The molecule has 0 amide bonds. The van der Waals surface area contributed by atoms with E-state index in [0.29, 0.717) is 28.0 Å². The molecule has 0 bridgehead atoms. The normalized spacial score (nSPS) is 15.4. The van der Waals surface area contributed by atoms with E-state index in [-0.39, 0.29) is 5.75 Å². The molecule has 7 heteroatoms.